The number of nitrogens with zero attached hydrogens (tertiary/aromatic N) is 4. The fourth-order valence-corrected chi connectivity index (χ4v) is 5.40. The Morgan fingerprint density at radius 3 is 2.36 bits per heavy atom. The first-order valence-corrected chi connectivity index (χ1v) is 15.8. The van der Waals surface area contributed by atoms with Crippen LogP contribution in [0, 0.1) is 0 Å². The van der Waals surface area contributed by atoms with Crippen LogP contribution in [0.1, 0.15) is 65.1 Å². The monoisotopic (exact) mass is 516 g/mol. The summed E-state index contributed by atoms with van der Waals surface area (Å²) in [4.78, 5) is 14.6. The van der Waals surface area contributed by atoms with Gasteiger partial charge in [0.1, 0.15) is 11.4 Å². The van der Waals surface area contributed by atoms with E-state index in [1.165, 1.54) is 5.56 Å². The van der Waals surface area contributed by atoms with Crippen LogP contribution in [0.3, 0.4) is 0 Å². The number of piperidine rings is 1. The summed E-state index contributed by atoms with van der Waals surface area (Å²) in [5.41, 5.74) is 1.62. The lowest BCUT2D eigenvalue weighted by Gasteiger charge is -2.45. The SMILES string of the molecule is COc1ccc(CCn2cc([C@@H]3CCN(C(=O)OC(C)(C)C)C[C@H]3O[Si](C)(C)C(C)(C)C)nn2)cc1. The maximum Gasteiger partial charge on any atom is 0.410 e. The van der Waals surface area contributed by atoms with Crippen molar-refractivity contribution in [1.29, 1.82) is 0 Å². The first kappa shape index (κ1) is 28.2. The van der Waals surface area contributed by atoms with E-state index in [4.69, 9.17) is 13.9 Å². The molecule has 0 N–H and O–H groups in total. The highest BCUT2D eigenvalue weighted by atomic mass is 28.4. The van der Waals surface area contributed by atoms with Gasteiger partial charge < -0.3 is 18.8 Å². The van der Waals surface area contributed by atoms with Gasteiger partial charge in [-0.15, -0.1) is 5.10 Å². The molecule has 0 saturated carbocycles. The van der Waals surface area contributed by atoms with Crippen LogP contribution in [0.2, 0.25) is 18.1 Å². The number of methoxy groups -OCH3 is 1. The van der Waals surface area contributed by atoms with E-state index < -0.39 is 13.9 Å². The highest BCUT2D eigenvalue weighted by molar-refractivity contribution is 6.74. The maximum absolute atomic E-state index is 12.8. The number of amides is 1. The van der Waals surface area contributed by atoms with Crippen molar-refractivity contribution in [2.45, 2.75) is 96.7 Å². The molecule has 0 radical (unpaired) electrons. The van der Waals surface area contributed by atoms with Gasteiger partial charge in [-0.3, -0.25) is 4.68 Å². The molecule has 1 amide bonds. The average molecular weight is 517 g/mol. The maximum atomic E-state index is 12.8. The fraction of sp³-hybridized carbons (Fsp3) is 0.667. The number of hydrogen-bond acceptors (Lipinski definition) is 6. The average Bonchev–Trinajstić information content (AvgIpc) is 3.24. The number of benzene rings is 1. The van der Waals surface area contributed by atoms with Crippen molar-refractivity contribution in [3.8, 4) is 5.75 Å². The number of carbonyl (C=O) groups is 1. The van der Waals surface area contributed by atoms with Gasteiger partial charge in [-0.25, -0.2) is 4.79 Å². The molecule has 1 aromatic carbocycles. The molecule has 0 bridgehead atoms. The Morgan fingerprint density at radius 2 is 1.78 bits per heavy atom. The number of carbonyl (C=O) groups excluding carboxylic acids is 1. The summed E-state index contributed by atoms with van der Waals surface area (Å²) in [7, 11) is -0.410. The molecule has 0 unspecified atom stereocenters. The van der Waals surface area contributed by atoms with Crippen LogP contribution >= 0.6 is 0 Å². The largest absolute Gasteiger partial charge is 0.497 e. The highest BCUT2D eigenvalue weighted by Gasteiger charge is 2.44. The number of rotatable bonds is 7. The Hall–Kier alpha value is -2.39. The Morgan fingerprint density at radius 1 is 1.11 bits per heavy atom. The predicted octanol–water partition coefficient (Wildman–Crippen LogP) is 5.64. The van der Waals surface area contributed by atoms with Crippen molar-refractivity contribution in [3.63, 3.8) is 0 Å². The minimum Gasteiger partial charge on any atom is -0.497 e. The molecule has 3 rings (SSSR count). The van der Waals surface area contributed by atoms with Crippen molar-refractivity contribution in [3.05, 3.63) is 41.7 Å². The second kappa shape index (κ2) is 10.9. The Bertz CT molecular complexity index is 1010. The molecule has 2 atom stereocenters. The number of likely N-dealkylation sites (tertiary alicyclic amines) is 1. The lowest BCUT2D eigenvalue weighted by atomic mass is 9.91. The van der Waals surface area contributed by atoms with Gasteiger partial charge in [0.15, 0.2) is 8.32 Å². The fourth-order valence-electron chi connectivity index (χ4n) is 4.05. The number of aryl methyl sites for hydroxylation is 2. The van der Waals surface area contributed by atoms with Crippen molar-refractivity contribution in [1.82, 2.24) is 19.9 Å². The smallest absolute Gasteiger partial charge is 0.410 e. The van der Waals surface area contributed by atoms with Crippen molar-refractivity contribution in [2.75, 3.05) is 20.2 Å². The molecule has 1 saturated heterocycles. The van der Waals surface area contributed by atoms with E-state index in [9.17, 15) is 4.79 Å². The van der Waals surface area contributed by atoms with E-state index in [2.05, 4.69) is 56.3 Å². The summed E-state index contributed by atoms with van der Waals surface area (Å²) >= 11 is 0. The van der Waals surface area contributed by atoms with Crippen LogP contribution in [0.4, 0.5) is 4.79 Å². The van der Waals surface area contributed by atoms with E-state index in [1.807, 2.05) is 43.8 Å². The normalized spacial score (nSPS) is 19.3. The van der Waals surface area contributed by atoms with Crippen LogP contribution in [-0.4, -0.2) is 66.2 Å². The highest BCUT2D eigenvalue weighted by Crippen LogP contribution is 2.40. The number of aromatic nitrogens is 3. The molecule has 1 fully saturated rings. The summed E-state index contributed by atoms with van der Waals surface area (Å²) in [5.74, 6) is 0.930. The molecule has 0 spiro atoms. The van der Waals surface area contributed by atoms with Gasteiger partial charge in [-0.05, 0) is 69.4 Å². The number of hydrogen-bond donors (Lipinski definition) is 0. The first-order valence-electron chi connectivity index (χ1n) is 12.9. The summed E-state index contributed by atoms with van der Waals surface area (Å²) < 4.78 is 19.7. The molecule has 0 aliphatic carbocycles. The first-order chi connectivity index (χ1) is 16.7. The molecule has 2 heterocycles. The van der Waals surface area contributed by atoms with Gasteiger partial charge in [0.25, 0.3) is 0 Å². The van der Waals surface area contributed by atoms with E-state index in [1.54, 1.807) is 12.0 Å². The lowest BCUT2D eigenvalue weighted by molar-refractivity contribution is 0.000682. The van der Waals surface area contributed by atoms with Crippen LogP contribution in [0.15, 0.2) is 30.5 Å². The quantitative estimate of drug-likeness (QED) is 0.443. The van der Waals surface area contributed by atoms with E-state index in [-0.39, 0.29) is 23.2 Å². The molecular weight excluding hydrogens is 472 g/mol. The summed E-state index contributed by atoms with van der Waals surface area (Å²) in [6, 6.07) is 8.10. The third kappa shape index (κ3) is 7.32. The molecular formula is C27H44N4O4Si. The minimum absolute atomic E-state index is 0.0573. The third-order valence-corrected chi connectivity index (χ3v) is 11.7. The zero-order valence-electron chi connectivity index (χ0n) is 23.5. The van der Waals surface area contributed by atoms with Crippen LogP contribution in [0.25, 0.3) is 0 Å². The van der Waals surface area contributed by atoms with Crippen molar-refractivity contribution in [2.24, 2.45) is 0 Å². The van der Waals surface area contributed by atoms with Gasteiger partial charge >= 0.3 is 6.09 Å². The predicted molar refractivity (Wildman–Crippen MR) is 144 cm³/mol. The van der Waals surface area contributed by atoms with E-state index >= 15 is 0 Å². The Kier molecular flexibility index (Phi) is 8.55. The van der Waals surface area contributed by atoms with Crippen LogP contribution in [-0.2, 0) is 22.1 Å². The molecule has 9 heteroatoms. The van der Waals surface area contributed by atoms with Gasteiger partial charge in [0, 0.05) is 31.7 Å². The van der Waals surface area contributed by atoms with Crippen LogP contribution in [0.5, 0.6) is 5.75 Å². The van der Waals surface area contributed by atoms with Gasteiger partial charge in [-0.2, -0.15) is 0 Å². The zero-order chi connectivity index (χ0) is 26.7. The zero-order valence-corrected chi connectivity index (χ0v) is 24.5. The lowest BCUT2D eigenvalue weighted by Crippen LogP contribution is -2.53. The molecule has 36 heavy (non-hydrogen) atoms. The second-order valence-electron chi connectivity index (χ2n) is 12.2. The van der Waals surface area contributed by atoms with Crippen LogP contribution < -0.4 is 4.74 Å². The molecule has 8 nitrogen and oxygen atoms in total. The van der Waals surface area contributed by atoms with Crippen molar-refractivity contribution >= 4 is 14.4 Å². The molecule has 200 valence electrons. The molecule has 1 aliphatic rings. The van der Waals surface area contributed by atoms with Gasteiger partial charge in [0.05, 0.1) is 18.9 Å². The van der Waals surface area contributed by atoms with Gasteiger partial charge in [0.2, 0.25) is 0 Å². The van der Waals surface area contributed by atoms with E-state index in [0.29, 0.717) is 13.1 Å². The van der Waals surface area contributed by atoms with E-state index in [0.717, 1.165) is 30.8 Å². The molecule has 2 aromatic rings. The number of ether oxygens (including phenoxy) is 2. The minimum atomic E-state index is -2.08. The Balaban J connectivity index is 1.74. The Labute approximate surface area is 217 Å². The standard InChI is InChI=1S/C27H44N4O4Si/c1-26(2,3)34-25(32)30-16-15-22(24(19-30)35-36(8,9)27(4,5)6)23-18-31(29-28-23)17-14-20-10-12-21(33-7)13-11-20/h10-13,18,22,24H,14-17,19H2,1-9H3/t22-,24+/m0/s1. The molecule has 1 aromatic heterocycles. The summed E-state index contributed by atoms with van der Waals surface area (Å²) in [6.45, 7) is 18.7. The van der Waals surface area contributed by atoms with Crippen molar-refractivity contribution < 1.29 is 18.7 Å². The second-order valence-corrected chi connectivity index (χ2v) is 17.0. The topological polar surface area (TPSA) is 78.7 Å². The molecule has 1 aliphatic heterocycles. The summed E-state index contributed by atoms with van der Waals surface area (Å²) in [6.07, 6.45) is 3.22. The van der Waals surface area contributed by atoms with Gasteiger partial charge in [-0.1, -0.05) is 38.1 Å². The summed E-state index contributed by atoms with van der Waals surface area (Å²) in [5, 5.41) is 9.02. The third-order valence-electron chi connectivity index (χ3n) is 7.19.